The van der Waals surface area contributed by atoms with Gasteiger partial charge in [0, 0.05) is 10.8 Å². The van der Waals surface area contributed by atoms with Crippen LogP contribution in [0.3, 0.4) is 0 Å². The van der Waals surface area contributed by atoms with Gasteiger partial charge in [0.15, 0.2) is 0 Å². The Morgan fingerprint density at radius 3 is 2.53 bits per heavy atom. The zero-order chi connectivity index (χ0) is 13.6. The molecule has 0 unspecified atom stereocenters. The first-order valence-electron chi connectivity index (χ1n) is 7.12. The third kappa shape index (κ3) is 2.49. The van der Waals surface area contributed by atoms with E-state index in [-0.39, 0.29) is 5.41 Å². The second-order valence-electron chi connectivity index (χ2n) is 6.88. The summed E-state index contributed by atoms with van der Waals surface area (Å²) in [7, 11) is 0. The van der Waals surface area contributed by atoms with Gasteiger partial charge in [-0.25, -0.2) is 0 Å². The Morgan fingerprint density at radius 2 is 1.89 bits per heavy atom. The van der Waals surface area contributed by atoms with Gasteiger partial charge >= 0.3 is 0 Å². The minimum absolute atomic E-state index is 0.0451. The van der Waals surface area contributed by atoms with Gasteiger partial charge in [-0.2, -0.15) is 0 Å². The molecular formula is C17H22O2. The van der Waals surface area contributed by atoms with Crippen molar-refractivity contribution < 1.29 is 9.15 Å². The van der Waals surface area contributed by atoms with Crippen LogP contribution in [0.1, 0.15) is 46.3 Å². The van der Waals surface area contributed by atoms with Crippen LogP contribution in [0.2, 0.25) is 0 Å². The molecular weight excluding hydrogens is 236 g/mol. The number of hydrogen-bond donors (Lipinski definition) is 0. The molecule has 0 radical (unpaired) electrons. The molecule has 0 N–H and O–H groups in total. The lowest BCUT2D eigenvalue weighted by Gasteiger charge is -2.32. The molecule has 1 aliphatic rings. The molecule has 0 aliphatic heterocycles. The minimum atomic E-state index is 0.0451. The zero-order valence-corrected chi connectivity index (χ0v) is 12.2. The molecule has 0 atom stereocenters. The SMILES string of the molecule is CC1CC(Oc2ccc3oc(C(C)(C)C)cc3c2)C1. The number of rotatable bonds is 2. The third-order valence-electron chi connectivity index (χ3n) is 3.86. The van der Waals surface area contributed by atoms with E-state index in [9.17, 15) is 0 Å². The lowest BCUT2D eigenvalue weighted by Crippen LogP contribution is -2.31. The highest BCUT2D eigenvalue weighted by atomic mass is 16.5. The van der Waals surface area contributed by atoms with Crippen molar-refractivity contribution in [2.24, 2.45) is 5.92 Å². The molecule has 0 amide bonds. The van der Waals surface area contributed by atoms with E-state index in [4.69, 9.17) is 9.15 Å². The summed E-state index contributed by atoms with van der Waals surface area (Å²) >= 11 is 0. The first kappa shape index (κ1) is 12.6. The number of furan rings is 1. The van der Waals surface area contributed by atoms with E-state index in [2.05, 4.69) is 39.8 Å². The summed E-state index contributed by atoms with van der Waals surface area (Å²) in [4.78, 5) is 0. The maximum atomic E-state index is 5.98. The van der Waals surface area contributed by atoms with Crippen molar-refractivity contribution >= 4 is 11.0 Å². The summed E-state index contributed by atoms with van der Waals surface area (Å²) in [5.74, 6) is 2.80. The van der Waals surface area contributed by atoms with Gasteiger partial charge in [0.2, 0.25) is 0 Å². The Morgan fingerprint density at radius 1 is 1.16 bits per heavy atom. The Hall–Kier alpha value is -1.44. The van der Waals surface area contributed by atoms with Gasteiger partial charge in [-0.05, 0) is 43.0 Å². The maximum Gasteiger partial charge on any atom is 0.134 e. The smallest absolute Gasteiger partial charge is 0.134 e. The van der Waals surface area contributed by atoms with Gasteiger partial charge in [0.1, 0.15) is 17.1 Å². The van der Waals surface area contributed by atoms with Gasteiger partial charge in [-0.1, -0.05) is 27.7 Å². The molecule has 102 valence electrons. The second kappa shape index (κ2) is 4.29. The van der Waals surface area contributed by atoms with Gasteiger partial charge in [0.05, 0.1) is 6.10 Å². The van der Waals surface area contributed by atoms with Crippen LogP contribution in [0.15, 0.2) is 28.7 Å². The topological polar surface area (TPSA) is 22.4 Å². The minimum Gasteiger partial charge on any atom is -0.490 e. The van der Waals surface area contributed by atoms with Crippen LogP contribution in [-0.2, 0) is 5.41 Å². The molecule has 1 aromatic carbocycles. The molecule has 1 aromatic heterocycles. The van der Waals surface area contributed by atoms with Crippen LogP contribution in [0.4, 0.5) is 0 Å². The summed E-state index contributed by atoms with van der Waals surface area (Å²) in [6, 6.07) is 8.26. The number of benzene rings is 1. The summed E-state index contributed by atoms with van der Waals surface area (Å²) in [5.41, 5.74) is 0.989. The van der Waals surface area contributed by atoms with E-state index in [0.717, 1.165) is 28.4 Å². The van der Waals surface area contributed by atoms with Crippen LogP contribution in [0.5, 0.6) is 5.75 Å². The summed E-state index contributed by atoms with van der Waals surface area (Å²) in [5, 5.41) is 1.13. The highest BCUT2D eigenvalue weighted by Crippen LogP contribution is 2.34. The average Bonchev–Trinajstić information content (AvgIpc) is 2.69. The molecule has 2 nitrogen and oxygen atoms in total. The zero-order valence-electron chi connectivity index (χ0n) is 12.2. The highest BCUT2D eigenvalue weighted by Gasteiger charge is 2.27. The quantitative estimate of drug-likeness (QED) is 0.763. The fraction of sp³-hybridized carbons (Fsp3) is 0.529. The van der Waals surface area contributed by atoms with E-state index in [1.807, 2.05) is 12.1 Å². The van der Waals surface area contributed by atoms with Crippen molar-refractivity contribution in [3.05, 3.63) is 30.0 Å². The highest BCUT2D eigenvalue weighted by molar-refractivity contribution is 5.79. The van der Waals surface area contributed by atoms with Crippen LogP contribution < -0.4 is 4.74 Å². The van der Waals surface area contributed by atoms with Crippen molar-refractivity contribution in [2.75, 3.05) is 0 Å². The molecule has 2 aromatic rings. The van der Waals surface area contributed by atoms with E-state index in [1.165, 1.54) is 12.8 Å². The van der Waals surface area contributed by atoms with Crippen molar-refractivity contribution in [3.8, 4) is 5.75 Å². The van der Waals surface area contributed by atoms with Gasteiger partial charge < -0.3 is 9.15 Å². The first-order chi connectivity index (χ1) is 8.91. The Kier molecular flexibility index (Phi) is 2.84. The standard InChI is InChI=1S/C17H22O2/c1-11-7-14(8-11)18-13-5-6-15-12(9-13)10-16(19-15)17(2,3)4/h5-6,9-11,14H,7-8H2,1-4H3. The summed E-state index contributed by atoms with van der Waals surface area (Å²) in [6.45, 7) is 8.77. The third-order valence-corrected chi connectivity index (χ3v) is 3.86. The number of hydrogen-bond acceptors (Lipinski definition) is 2. The van der Waals surface area contributed by atoms with Crippen molar-refractivity contribution in [1.82, 2.24) is 0 Å². The predicted octanol–water partition coefficient (Wildman–Crippen LogP) is 4.91. The maximum absolute atomic E-state index is 5.98. The monoisotopic (exact) mass is 258 g/mol. The molecule has 2 heteroatoms. The average molecular weight is 258 g/mol. The number of fused-ring (bicyclic) bond motifs is 1. The van der Waals surface area contributed by atoms with Crippen LogP contribution >= 0.6 is 0 Å². The van der Waals surface area contributed by atoms with Gasteiger partial charge in [-0.15, -0.1) is 0 Å². The first-order valence-corrected chi connectivity index (χ1v) is 7.12. The largest absolute Gasteiger partial charge is 0.490 e. The van der Waals surface area contributed by atoms with Crippen LogP contribution in [-0.4, -0.2) is 6.10 Å². The number of ether oxygens (including phenoxy) is 1. The summed E-state index contributed by atoms with van der Waals surface area (Å²) < 4.78 is 11.9. The predicted molar refractivity (Wildman–Crippen MR) is 77.7 cm³/mol. The Balaban J connectivity index is 1.84. The Labute approximate surface area is 114 Å². The molecule has 19 heavy (non-hydrogen) atoms. The van der Waals surface area contributed by atoms with E-state index < -0.39 is 0 Å². The molecule has 3 rings (SSSR count). The van der Waals surface area contributed by atoms with Crippen molar-refractivity contribution in [2.45, 2.75) is 52.1 Å². The van der Waals surface area contributed by atoms with Crippen LogP contribution in [0.25, 0.3) is 11.0 Å². The molecule has 1 aliphatic carbocycles. The molecule has 1 heterocycles. The Bertz CT molecular complexity index is 583. The normalized spacial score (nSPS) is 23.4. The summed E-state index contributed by atoms with van der Waals surface area (Å²) in [6.07, 6.45) is 2.76. The molecule has 0 saturated heterocycles. The lowest BCUT2D eigenvalue weighted by atomic mass is 9.84. The molecule has 0 spiro atoms. The molecule has 1 saturated carbocycles. The second-order valence-corrected chi connectivity index (χ2v) is 6.88. The van der Waals surface area contributed by atoms with E-state index in [1.54, 1.807) is 0 Å². The van der Waals surface area contributed by atoms with Gasteiger partial charge in [-0.3, -0.25) is 0 Å². The van der Waals surface area contributed by atoms with Crippen LogP contribution in [0, 0.1) is 5.92 Å². The lowest BCUT2D eigenvalue weighted by molar-refractivity contribution is 0.0740. The van der Waals surface area contributed by atoms with E-state index >= 15 is 0 Å². The fourth-order valence-corrected chi connectivity index (χ4v) is 2.58. The molecule has 1 fully saturated rings. The fourth-order valence-electron chi connectivity index (χ4n) is 2.58. The van der Waals surface area contributed by atoms with Crippen molar-refractivity contribution in [1.29, 1.82) is 0 Å². The van der Waals surface area contributed by atoms with Crippen molar-refractivity contribution in [3.63, 3.8) is 0 Å². The molecule has 0 bridgehead atoms. The van der Waals surface area contributed by atoms with Gasteiger partial charge in [0.25, 0.3) is 0 Å². The van der Waals surface area contributed by atoms with E-state index in [0.29, 0.717) is 6.10 Å².